The Morgan fingerprint density at radius 2 is 0.902 bits per heavy atom. The average Bonchev–Trinajstić information content (AvgIpc) is 4.00. The summed E-state index contributed by atoms with van der Waals surface area (Å²) >= 11 is 0. The van der Waals surface area contributed by atoms with E-state index in [4.69, 9.17) is 23.1 Å². The lowest BCUT2D eigenvalue weighted by atomic mass is 9.84. The zero-order valence-corrected chi connectivity index (χ0v) is 31.7. The molecule has 0 N–H and O–H groups in total. The lowest BCUT2D eigenvalue weighted by Gasteiger charge is -2.18. The van der Waals surface area contributed by atoms with Gasteiger partial charge in [0.2, 0.25) is 0 Å². The highest BCUT2D eigenvalue weighted by Gasteiger charge is 2.29. The molecule has 284 valence electrons. The Hall–Kier alpha value is -8.14. The normalized spacial score (nSPS) is 15.7. The van der Waals surface area contributed by atoms with Crippen molar-refractivity contribution in [3.05, 3.63) is 218 Å². The standard InChI is InChI=1S/C58H36N2O/c1-4-17-37(18-5-1)51-45-26-12-14-28-47(45)53(48-29-15-13-27-46(48)51)58-52(38-19-6-2-7-20-38)54(57(61-58)41-21-8-3-9-22-41)49-34-33-44(42-24-10-11-25-43(42)49)50-35-32-40-31-30-39-23-16-36-59-55(39)56(40)60-50/h1-36H/i1D,2D,4D,5D,6D,7D,12D,13D,14D,15D,17D,18D,19D,20D,26D,27D,28D,29D. The van der Waals surface area contributed by atoms with Crippen LogP contribution >= 0.6 is 0 Å². The number of benzene rings is 9. The molecule has 3 nitrogen and oxygen atoms in total. The SMILES string of the molecule is [2H]c1c([2H])c([2H])c(-c2c(-c3c4c([2H])c([2H])c([2H])c([2H])c4c(-c4c([2H])c([2H])c([2H])c([2H])c4[2H])c4c([2H])c([2H])c([2H])c([2H])c34)oc(-c3ccccc3)c2-c2ccc(-c3ccc4ccc5cccnc5c4n3)c3ccccc23)c([2H])c1[2H]. The Balaban J connectivity index is 1.33. The molecule has 0 saturated heterocycles. The second-order valence-electron chi connectivity index (χ2n) is 14.2. The summed E-state index contributed by atoms with van der Waals surface area (Å²) in [6, 6.07) is 16.6. The minimum absolute atomic E-state index is 0.00866. The molecule has 0 unspecified atom stereocenters. The van der Waals surface area contributed by atoms with Gasteiger partial charge in [-0.25, -0.2) is 4.98 Å². The number of pyridine rings is 2. The first kappa shape index (κ1) is 21.2. The second-order valence-corrected chi connectivity index (χ2v) is 14.2. The van der Waals surface area contributed by atoms with Gasteiger partial charge >= 0.3 is 0 Å². The number of aromatic nitrogens is 2. The second kappa shape index (κ2) is 14.3. The van der Waals surface area contributed by atoms with E-state index in [-0.39, 0.29) is 16.9 Å². The van der Waals surface area contributed by atoms with Crippen LogP contribution in [0.2, 0.25) is 0 Å². The monoisotopic (exact) mass is 794 g/mol. The van der Waals surface area contributed by atoms with Gasteiger partial charge in [0.25, 0.3) is 0 Å². The van der Waals surface area contributed by atoms with Crippen LogP contribution in [0.3, 0.4) is 0 Å². The van der Waals surface area contributed by atoms with E-state index < -0.39 is 158 Å². The molecule has 12 aromatic rings. The fourth-order valence-electron chi connectivity index (χ4n) is 8.36. The molecule has 0 aliphatic heterocycles. The van der Waals surface area contributed by atoms with Crippen molar-refractivity contribution in [1.82, 2.24) is 9.97 Å². The van der Waals surface area contributed by atoms with E-state index in [0.29, 0.717) is 44.2 Å². The average molecular weight is 795 g/mol. The molecule has 0 atom stereocenters. The highest BCUT2D eigenvalue weighted by Crippen LogP contribution is 2.54. The molecule has 0 fully saturated rings. The fourth-order valence-corrected chi connectivity index (χ4v) is 8.36. The molecular weight excluding hydrogens is 741 g/mol. The molecule has 0 bridgehead atoms. The molecule has 0 aliphatic carbocycles. The van der Waals surface area contributed by atoms with E-state index in [9.17, 15) is 11.0 Å². The molecule has 0 amide bonds. The van der Waals surface area contributed by atoms with Gasteiger partial charge < -0.3 is 4.42 Å². The van der Waals surface area contributed by atoms with Gasteiger partial charge in [-0.2, -0.15) is 0 Å². The Morgan fingerprint density at radius 3 is 1.57 bits per heavy atom. The maximum atomic E-state index is 9.76. The van der Waals surface area contributed by atoms with Gasteiger partial charge in [0, 0.05) is 44.8 Å². The van der Waals surface area contributed by atoms with Crippen LogP contribution < -0.4 is 0 Å². The van der Waals surface area contributed by atoms with Crippen LogP contribution in [-0.4, -0.2) is 9.97 Å². The van der Waals surface area contributed by atoms with Gasteiger partial charge in [-0.3, -0.25) is 4.98 Å². The van der Waals surface area contributed by atoms with Gasteiger partial charge in [0.05, 0.1) is 41.4 Å². The van der Waals surface area contributed by atoms with E-state index in [1.54, 1.807) is 48.7 Å². The number of hydrogen-bond acceptors (Lipinski definition) is 3. The van der Waals surface area contributed by atoms with Crippen molar-refractivity contribution in [2.24, 2.45) is 0 Å². The summed E-state index contributed by atoms with van der Waals surface area (Å²) in [4.78, 5) is 9.80. The Morgan fingerprint density at radius 1 is 0.361 bits per heavy atom. The van der Waals surface area contributed by atoms with Crippen molar-refractivity contribution in [3.8, 4) is 67.3 Å². The molecule has 61 heavy (non-hydrogen) atoms. The molecule has 0 radical (unpaired) electrons. The number of rotatable bonds is 6. The third-order valence-electron chi connectivity index (χ3n) is 10.9. The fraction of sp³-hybridized carbons (Fsp3) is 0. The van der Waals surface area contributed by atoms with E-state index in [0.717, 1.165) is 10.8 Å². The topological polar surface area (TPSA) is 38.9 Å². The van der Waals surface area contributed by atoms with Crippen LogP contribution in [0, 0.1) is 0 Å². The minimum Gasteiger partial charge on any atom is -0.455 e. The Kier molecular flexibility index (Phi) is 4.97. The van der Waals surface area contributed by atoms with Gasteiger partial charge in [-0.1, -0.05) is 200 Å². The number of nitrogens with zero attached hydrogens (tertiary/aromatic N) is 2. The van der Waals surface area contributed by atoms with Crippen LogP contribution in [0.15, 0.2) is 223 Å². The maximum absolute atomic E-state index is 9.76. The summed E-state index contributed by atoms with van der Waals surface area (Å²) in [6.45, 7) is 0. The predicted molar refractivity (Wildman–Crippen MR) is 254 cm³/mol. The summed E-state index contributed by atoms with van der Waals surface area (Å²) in [5.41, 5.74) is 1.20. The summed E-state index contributed by atoms with van der Waals surface area (Å²) in [6.07, 6.45) is 1.70. The van der Waals surface area contributed by atoms with Crippen molar-refractivity contribution in [3.63, 3.8) is 0 Å². The van der Waals surface area contributed by atoms with Gasteiger partial charge in [0.1, 0.15) is 11.5 Å². The number of fused-ring (bicyclic) bond motifs is 6. The van der Waals surface area contributed by atoms with Crippen LogP contribution in [-0.2, 0) is 0 Å². The summed E-state index contributed by atoms with van der Waals surface area (Å²) in [5, 5.41) is 0.898. The van der Waals surface area contributed by atoms with Crippen LogP contribution in [0.4, 0.5) is 0 Å². The summed E-state index contributed by atoms with van der Waals surface area (Å²) < 4.78 is 172. The van der Waals surface area contributed by atoms with E-state index >= 15 is 0 Å². The zero-order valence-electron chi connectivity index (χ0n) is 49.7. The van der Waals surface area contributed by atoms with Gasteiger partial charge in [0.15, 0.2) is 0 Å². The van der Waals surface area contributed by atoms with Crippen LogP contribution in [0.1, 0.15) is 24.7 Å². The lowest BCUT2D eigenvalue weighted by Crippen LogP contribution is -1.93. The molecule has 3 heterocycles. The van der Waals surface area contributed by atoms with E-state index in [1.165, 1.54) is 0 Å². The molecule has 0 spiro atoms. The molecule has 9 aromatic carbocycles. The molecule has 3 heteroatoms. The van der Waals surface area contributed by atoms with E-state index in [2.05, 4.69) is 4.98 Å². The van der Waals surface area contributed by atoms with Gasteiger partial charge in [-0.15, -0.1) is 0 Å². The molecule has 12 rings (SSSR count). The first-order valence-electron chi connectivity index (χ1n) is 28.3. The molecule has 0 saturated carbocycles. The first-order chi connectivity index (χ1) is 37.8. The maximum Gasteiger partial charge on any atom is 0.144 e. The molecule has 3 aromatic heterocycles. The van der Waals surface area contributed by atoms with Crippen molar-refractivity contribution < 1.29 is 29.1 Å². The number of furan rings is 1. The highest BCUT2D eigenvalue weighted by atomic mass is 16.3. The predicted octanol–water partition coefficient (Wildman–Crippen LogP) is 15.8. The van der Waals surface area contributed by atoms with Crippen molar-refractivity contribution >= 4 is 54.1 Å². The number of hydrogen-bond donors (Lipinski definition) is 0. The summed E-state index contributed by atoms with van der Waals surface area (Å²) in [7, 11) is 0. The van der Waals surface area contributed by atoms with Crippen LogP contribution in [0.5, 0.6) is 0 Å². The smallest absolute Gasteiger partial charge is 0.144 e. The Labute approximate surface area is 378 Å². The highest BCUT2D eigenvalue weighted by molar-refractivity contribution is 6.23. The molecular formula is C58H36N2O. The lowest BCUT2D eigenvalue weighted by molar-refractivity contribution is 0.600. The summed E-state index contributed by atoms with van der Waals surface area (Å²) in [5.74, 6) is -0.442. The quantitative estimate of drug-likeness (QED) is 0.124. The zero-order chi connectivity index (χ0) is 55.9. The third kappa shape index (κ3) is 5.66. The Bertz CT molecular complexity index is 4580. The van der Waals surface area contributed by atoms with E-state index in [1.807, 2.05) is 60.7 Å². The molecule has 0 aliphatic rings. The van der Waals surface area contributed by atoms with Crippen LogP contribution in [0.25, 0.3) is 121 Å². The van der Waals surface area contributed by atoms with Gasteiger partial charge in [-0.05, 0) is 66.7 Å². The van der Waals surface area contributed by atoms with Crippen molar-refractivity contribution in [1.29, 1.82) is 0 Å². The third-order valence-corrected chi connectivity index (χ3v) is 10.9. The van der Waals surface area contributed by atoms with Crippen molar-refractivity contribution in [2.75, 3.05) is 0 Å². The largest absolute Gasteiger partial charge is 0.455 e. The van der Waals surface area contributed by atoms with Crippen molar-refractivity contribution in [2.45, 2.75) is 0 Å². The first-order valence-corrected chi connectivity index (χ1v) is 19.3. The minimum atomic E-state index is -0.842.